The van der Waals surface area contributed by atoms with Crippen molar-refractivity contribution < 1.29 is 0 Å². The van der Waals surface area contributed by atoms with Gasteiger partial charge in [-0.2, -0.15) is 0 Å². The number of rotatable bonds is 4. The van der Waals surface area contributed by atoms with Crippen LogP contribution < -0.4 is 10.6 Å². The SMILES string of the molecule is C#CCN(CCC)c1cc(N)ccn1. The van der Waals surface area contributed by atoms with Crippen molar-refractivity contribution in [2.75, 3.05) is 23.7 Å². The molecular weight excluding hydrogens is 174 g/mol. The molecule has 0 fully saturated rings. The summed E-state index contributed by atoms with van der Waals surface area (Å²) in [6.07, 6.45) is 8.02. The van der Waals surface area contributed by atoms with Crippen LogP contribution >= 0.6 is 0 Å². The second-order valence-corrected chi connectivity index (χ2v) is 3.07. The van der Waals surface area contributed by atoms with Crippen LogP contribution in [-0.4, -0.2) is 18.1 Å². The summed E-state index contributed by atoms with van der Waals surface area (Å²) < 4.78 is 0. The number of hydrogen-bond donors (Lipinski definition) is 1. The molecule has 14 heavy (non-hydrogen) atoms. The molecule has 0 radical (unpaired) electrons. The fourth-order valence-corrected chi connectivity index (χ4v) is 1.26. The zero-order valence-electron chi connectivity index (χ0n) is 8.40. The van der Waals surface area contributed by atoms with Gasteiger partial charge in [-0.1, -0.05) is 12.8 Å². The van der Waals surface area contributed by atoms with Crippen LogP contribution in [-0.2, 0) is 0 Å². The Balaban J connectivity index is 2.82. The van der Waals surface area contributed by atoms with Crippen molar-refractivity contribution in [1.82, 2.24) is 4.98 Å². The molecule has 1 heterocycles. The highest BCUT2D eigenvalue weighted by atomic mass is 15.2. The van der Waals surface area contributed by atoms with Gasteiger partial charge in [0.25, 0.3) is 0 Å². The third-order valence-corrected chi connectivity index (χ3v) is 1.87. The number of aromatic nitrogens is 1. The van der Waals surface area contributed by atoms with Gasteiger partial charge in [0.15, 0.2) is 0 Å². The normalized spacial score (nSPS) is 9.43. The number of anilines is 2. The van der Waals surface area contributed by atoms with Gasteiger partial charge in [-0.05, 0) is 12.5 Å². The van der Waals surface area contributed by atoms with Gasteiger partial charge in [-0.15, -0.1) is 6.42 Å². The van der Waals surface area contributed by atoms with Gasteiger partial charge >= 0.3 is 0 Å². The van der Waals surface area contributed by atoms with Crippen LogP contribution in [0.5, 0.6) is 0 Å². The highest BCUT2D eigenvalue weighted by molar-refractivity contribution is 5.50. The second-order valence-electron chi connectivity index (χ2n) is 3.07. The maximum absolute atomic E-state index is 5.67. The van der Waals surface area contributed by atoms with E-state index in [1.54, 1.807) is 12.3 Å². The van der Waals surface area contributed by atoms with E-state index in [0.717, 1.165) is 18.8 Å². The van der Waals surface area contributed by atoms with E-state index in [0.29, 0.717) is 12.2 Å². The van der Waals surface area contributed by atoms with E-state index >= 15 is 0 Å². The summed E-state index contributed by atoms with van der Waals surface area (Å²) in [6.45, 7) is 3.58. The molecule has 0 saturated carbocycles. The van der Waals surface area contributed by atoms with Gasteiger partial charge in [0.05, 0.1) is 6.54 Å². The van der Waals surface area contributed by atoms with Gasteiger partial charge in [-0.3, -0.25) is 0 Å². The molecule has 0 aliphatic rings. The first-order valence-corrected chi connectivity index (χ1v) is 4.68. The summed E-state index contributed by atoms with van der Waals surface area (Å²) in [4.78, 5) is 6.27. The molecule has 2 N–H and O–H groups in total. The quantitative estimate of drug-likeness (QED) is 0.730. The van der Waals surface area contributed by atoms with E-state index in [4.69, 9.17) is 12.2 Å². The summed E-state index contributed by atoms with van der Waals surface area (Å²) in [5, 5.41) is 0. The average molecular weight is 189 g/mol. The topological polar surface area (TPSA) is 42.1 Å². The highest BCUT2D eigenvalue weighted by Gasteiger charge is 2.04. The van der Waals surface area contributed by atoms with E-state index in [-0.39, 0.29) is 0 Å². The van der Waals surface area contributed by atoms with Gasteiger partial charge < -0.3 is 10.6 Å². The number of pyridine rings is 1. The zero-order chi connectivity index (χ0) is 10.4. The number of nitrogen functional groups attached to an aromatic ring is 1. The summed E-state index contributed by atoms with van der Waals surface area (Å²) in [6, 6.07) is 3.61. The van der Waals surface area contributed by atoms with E-state index in [9.17, 15) is 0 Å². The Morgan fingerprint density at radius 3 is 3.00 bits per heavy atom. The average Bonchev–Trinajstić information content (AvgIpc) is 2.17. The minimum Gasteiger partial charge on any atom is -0.399 e. The molecule has 1 aromatic rings. The second kappa shape index (κ2) is 5.13. The fourth-order valence-electron chi connectivity index (χ4n) is 1.26. The molecule has 0 unspecified atom stereocenters. The molecule has 0 aromatic carbocycles. The standard InChI is InChI=1S/C11H15N3/c1-3-7-14(8-4-2)11-9-10(12)5-6-13-11/h1,5-6,9H,4,7-8H2,2H3,(H2,12,13). The third kappa shape index (κ3) is 2.67. The summed E-state index contributed by atoms with van der Waals surface area (Å²) in [5.74, 6) is 3.47. The van der Waals surface area contributed by atoms with Crippen LogP contribution in [0.1, 0.15) is 13.3 Å². The summed E-state index contributed by atoms with van der Waals surface area (Å²) in [7, 11) is 0. The van der Waals surface area contributed by atoms with Gasteiger partial charge in [0, 0.05) is 24.5 Å². The Morgan fingerprint density at radius 1 is 1.64 bits per heavy atom. The van der Waals surface area contributed by atoms with Crippen LogP contribution in [0.25, 0.3) is 0 Å². The predicted molar refractivity (Wildman–Crippen MR) is 60.0 cm³/mol. The van der Waals surface area contributed by atoms with E-state index in [1.165, 1.54) is 0 Å². The Morgan fingerprint density at radius 2 is 2.43 bits per heavy atom. The smallest absolute Gasteiger partial charge is 0.131 e. The highest BCUT2D eigenvalue weighted by Crippen LogP contribution is 2.13. The number of terminal acetylenes is 1. The first kappa shape index (κ1) is 10.4. The monoisotopic (exact) mass is 189 g/mol. The number of nitrogens with two attached hydrogens (primary N) is 1. The largest absolute Gasteiger partial charge is 0.399 e. The van der Waals surface area contributed by atoms with Gasteiger partial charge in [0.2, 0.25) is 0 Å². The first-order chi connectivity index (χ1) is 6.77. The minimum absolute atomic E-state index is 0.574. The molecule has 1 rings (SSSR count). The lowest BCUT2D eigenvalue weighted by atomic mass is 10.3. The van der Waals surface area contributed by atoms with Crippen molar-refractivity contribution >= 4 is 11.5 Å². The summed E-state index contributed by atoms with van der Waals surface area (Å²) >= 11 is 0. The predicted octanol–water partition coefficient (Wildman–Crippen LogP) is 1.51. The van der Waals surface area contributed by atoms with Crippen LogP contribution in [0.3, 0.4) is 0 Å². The molecule has 3 heteroatoms. The maximum Gasteiger partial charge on any atom is 0.131 e. The lowest BCUT2D eigenvalue weighted by molar-refractivity contribution is 0.809. The van der Waals surface area contributed by atoms with Crippen LogP contribution in [0.4, 0.5) is 11.5 Å². The lowest BCUT2D eigenvalue weighted by Gasteiger charge is -2.20. The molecule has 0 atom stereocenters. The Labute approximate surface area is 84.9 Å². The fraction of sp³-hybridized carbons (Fsp3) is 0.364. The molecule has 0 bridgehead atoms. The molecule has 0 saturated heterocycles. The Kier molecular flexibility index (Phi) is 3.81. The molecule has 0 aliphatic heterocycles. The molecule has 0 aliphatic carbocycles. The van der Waals surface area contributed by atoms with Crippen molar-refractivity contribution in [3.05, 3.63) is 18.3 Å². The van der Waals surface area contributed by atoms with E-state index < -0.39 is 0 Å². The molecule has 1 aromatic heterocycles. The van der Waals surface area contributed by atoms with Crippen LogP contribution in [0, 0.1) is 12.3 Å². The lowest BCUT2D eigenvalue weighted by Crippen LogP contribution is -2.25. The van der Waals surface area contributed by atoms with Crippen molar-refractivity contribution in [3.63, 3.8) is 0 Å². The van der Waals surface area contributed by atoms with Gasteiger partial charge in [0.1, 0.15) is 5.82 Å². The Hall–Kier alpha value is -1.69. The van der Waals surface area contributed by atoms with E-state index in [2.05, 4.69) is 17.8 Å². The van der Waals surface area contributed by atoms with Gasteiger partial charge in [-0.25, -0.2) is 4.98 Å². The molecular formula is C11H15N3. The zero-order valence-corrected chi connectivity index (χ0v) is 8.40. The minimum atomic E-state index is 0.574. The maximum atomic E-state index is 5.67. The Bertz CT molecular complexity index is 328. The van der Waals surface area contributed by atoms with Crippen molar-refractivity contribution in [3.8, 4) is 12.3 Å². The first-order valence-electron chi connectivity index (χ1n) is 4.68. The molecule has 3 nitrogen and oxygen atoms in total. The molecule has 0 amide bonds. The third-order valence-electron chi connectivity index (χ3n) is 1.87. The van der Waals surface area contributed by atoms with Crippen LogP contribution in [0.2, 0.25) is 0 Å². The van der Waals surface area contributed by atoms with Crippen molar-refractivity contribution in [1.29, 1.82) is 0 Å². The number of nitrogens with zero attached hydrogens (tertiary/aromatic N) is 2. The molecule has 0 spiro atoms. The summed E-state index contributed by atoms with van der Waals surface area (Å²) in [5.41, 5.74) is 6.39. The van der Waals surface area contributed by atoms with E-state index in [1.807, 2.05) is 11.0 Å². The van der Waals surface area contributed by atoms with Crippen molar-refractivity contribution in [2.24, 2.45) is 0 Å². The number of hydrogen-bond acceptors (Lipinski definition) is 3. The van der Waals surface area contributed by atoms with Crippen LogP contribution in [0.15, 0.2) is 18.3 Å². The molecule has 74 valence electrons. The van der Waals surface area contributed by atoms with Crippen molar-refractivity contribution in [2.45, 2.75) is 13.3 Å².